The highest BCUT2D eigenvalue weighted by Gasteiger charge is 2.21. The molecule has 0 fully saturated rings. The predicted molar refractivity (Wildman–Crippen MR) is 129 cm³/mol. The molecule has 0 unspecified atom stereocenters. The van der Waals surface area contributed by atoms with Crippen molar-refractivity contribution in [1.82, 2.24) is 0 Å². The smallest absolute Gasteiger partial charge is 0.146 e. The van der Waals surface area contributed by atoms with E-state index in [2.05, 4.69) is 10.6 Å². The van der Waals surface area contributed by atoms with Gasteiger partial charge in [-0.2, -0.15) is 0 Å². The first-order valence-corrected chi connectivity index (χ1v) is 10.9. The summed E-state index contributed by atoms with van der Waals surface area (Å²) in [6.45, 7) is 13.1. The van der Waals surface area contributed by atoms with E-state index in [0.29, 0.717) is 44.8 Å². The van der Waals surface area contributed by atoms with Crippen molar-refractivity contribution in [2.75, 3.05) is 10.6 Å². The lowest BCUT2D eigenvalue weighted by atomic mass is 9.86. The Morgan fingerprint density at radius 1 is 0.594 bits per heavy atom. The van der Waals surface area contributed by atoms with Gasteiger partial charge in [-0.3, -0.25) is 0 Å². The monoisotopic (exact) mass is 440 g/mol. The number of nitrogens with one attached hydrogen (secondary N) is 2. The van der Waals surface area contributed by atoms with Crippen molar-refractivity contribution < 1.29 is 13.2 Å². The van der Waals surface area contributed by atoms with Gasteiger partial charge in [0.25, 0.3) is 0 Å². The van der Waals surface area contributed by atoms with Crippen LogP contribution in [0.4, 0.5) is 24.5 Å². The molecule has 0 amide bonds. The van der Waals surface area contributed by atoms with Crippen LogP contribution in [0.25, 0.3) is 22.3 Å². The summed E-state index contributed by atoms with van der Waals surface area (Å²) in [5, 5.41) is 6.11. The van der Waals surface area contributed by atoms with Gasteiger partial charge >= 0.3 is 0 Å². The molecular weight excluding hydrogens is 409 g/mol. The fourth-order valence-electron chi connectivity index (χ4n) is 4.09. The minimum absolute atomic E-state index is 0.0834. The van der Waals surface area contributed by atoms with Crippen LogP contribution >= 0.6 is 0 Å². The van der Waals surface area contributed by atoms with Crippen molar-refractivity contribution in [3.63, 3.8) is 0 Å². The van der Waals surface area contributed by atoms with Crippen molar-refractivity contribution in [2.24, 2.45) is 0 Å². The second kappa shape index (κ2) is 9.27. The van der Waals surface area contributed by atoms with Crippen LogP contribution in [0.5, 0.6) is 0 Å². The first-order valence-electron chi connectivity index (χ1n) is 10.9. The number of halogens is 3. The molecule has 32 heavy (non-hydrogen) atoms. The van der Waals surface area contributed by atoms with E-state index in [1.54, 1.807) is 31.2 Å². The second-order valence-corrected chi connectivity index (χ2v) is 8.93. The normalized spacial score (nSPS) is 11.4. The first-order chi connectivity index (χ1) is 15.0. The minimum atomic E-state index is -0.426. The zero-order chi connectivity index (χ0) is 23.7. The molecule has 170 valence electrons. The Bertz CT molecular complexity index is 1030. The lowest BCUT2D eigenvalue weighted by Gasteiger charge is -2.20. The summed E-state index contributed by atoms with van der Waals surface area (Å²) in [5.74, 6) is -1.23. The Morgan fingerprint density at radius 2 is 1.00 bits per heavy atom. The second-order valence-electron chi connectivity index (χ2n) is 8.93. The van der Waals surface area contributed by atoms with Crippen LogP contribution in [0.1, 0.15) is 44.4 Å². The number of benzene rings is 3. The fraction of sp³-hybridized carbons (Fsp3) is 0.333. The summed E-state index contributed by atoms with van der Waals surface area (Å²) in [7, 11) is 0. The highest BCUT2D eigenvalue weighted by atomic mass is 19.1. The SMILES string of the molecule is Cc1c(C)c(-c2ccc(NC(C)C)c(F)c2)c(F)c(C)c1-c1ccc(NC(C)C)c(F)c1. The van der Waals surface area contributed by atoms with Gasteiger partial charge in [0.2, 0.25) is 0 Å². The molecule has 0 aromatic heterocycles. The molecule has 5 heteroatoms. The van der Waals surface area contributed by atoms with E-state index >= 15 is 4.39 Å². The molecule has 0 saturated heterocycles. The third kappa shape index (κ3) is 4.62. The predicted octanol–water partition coefficient (Wildman–Crippen LogP) is 8.00. The summed E-state index contributed by atoms with van der Waals surface area (Å²) in [5.41, 5.74) is 4.89. The molecule has 0 aliphatic rings. The topological polar surface area (TPSA) is 24.1 Å². The quantitative estimate of drug-likeness (QED) is 0.406. The molecule has 0 heterocycles. The molecule has 2 nitrogen and oxygen atoms in total. The number of anilines is 2. The average Bonchev–Trinajstić information content (AvgIpc) is 2.70. The Morgan fingerprint density at radius 3 is 1.41 bits per heavy atom. The van der Waals surface area contributed by atoms with Gasteiger partial charge in [-0.25, -0.2) is 13.2 Å². The van der Waals surface area contributed by atoms with Gasteiger partial charge in [-0.15, -0.1) is 0 Å². The minimum Gasteiger partial charge on any atom is -0.381 e. The molecule has 0 spiro atoms. The maximum absolute atomic E-state index is 15.6. The van der Waals surface area contributed by atoms with Gasteiger partial charge in [0.15, 0.2) is 0 Å². The molecule has 3 aromatic carbocycles. The maximum atomic E-state index is 15.6. The molecule has 0 aliphatic carbocycles. The van der Waals surface area contributed by atoms with E-state index in [-0.39, 0.29) is 17.9 Å². The van der Waals surface area contributed by atoms with Crippen LogP contribution in [0.2, 0.25) is 0 Å². The van der Waals surface area contributed by atoms with E-state index < -0.39 is 11.6 Å². The maximum Gasteiger partial charge on any atom is 0.146 e. The van der Waals surface area contributed by atoms with Gasteiger partial charge in [0, 0.05) is 17.6 Å². The molecule has 0 aliphatic heterocycles. The van der Waals surface area contributed by atoms with Gasteiger partial charge in [-0.05, 0) is 106 Å². The Balaban J connectivity index is 2.12. The zero-order valence-electron chi connectivity index (χ0n) is 19.8. The largest absolute Gasteiger partial charge is 0.381 e. The van der Waals surface area contributed by atoms with Gasteiger partial charge in [-0.1, -0.05) is 12.1 Å². The van der Waals surface area contributed by atoms with E-state index in [9.17, 15) is 8.78 Å². The standard InChI is InChI=1S/C27H31F3N2/c1-14(2)31-23-10-8-19(12-21(23)28)25-16(5)17(6)26(27(30)18(25)7)20-9-11-24(22(29)13-20)32-15(3)4/h8-15,31-32H,1-7H3. The number of rotatable bonds is 6. The highest BCUT2D eigenvalue weighted by molar-refractivity contribution is 5.81. The summed E-state index contributed by atoms with van der Waals surface area (Å²) in [6.07, 6.45) is 0. The lowest BCUT2D eigenvalue weighted by molar-refractivity contribution is 0.618. The molecular formula is C27H31F3N2. The molecule has 0 atom stereocenters. The van der Waals surface area contributed by atoms with E-state index in [4.69, 9.17) is 0 Å². The van der Waals surface area contributed by atoms with Crippen molar-refractivity contribution in [3.05, 3.63) is 70.5 Å². The summed E-state index contributed by atoms with van der Waals surface area (Å²) in [6, 6.07) is 9.82. The molecule has 0 radical (unpaired) electrons. The van der Waals surface area contributed by atoms with Gasteiger partial charge in [0.05, 0.1) is 11.4 Å². The average molecular weight is 441 g/mol. The van der Waals surface area contributed by atoms with Crippen molar-refractivity contribution in [1.29, 1.82) is 0 Å². The van der Waals surface area contributed by atoms with Crippen molar-refractivity contribution >= 4 is 11.4 Å². The van der Waals surface area contributed by atoms with Crippen LogP contribution in [-0.2, 0) is 0 Å². The van der Waals surface area contributed by atoms with Crippen molar-refractivity contribution in [2.45, 2.75) is 60.5 Å². The van der Waals surface area contributed by atoms with Gasteiger partial charge in [0.1, 0.15) is 17.5 Å². The van der Waals surface area contributed by atoms with Crippen LogP contribution in [-0.4, -0.2) is 12.1 Å². The highest BCUT2D eigenvalue weighted by Crippen LogP contribution is 2.39. The van der Waals surface area contributed by atoms with Crippen LogP contribution < -0.4 is 10.6 Å². The number of hydrogen-bond donors (Lipinski definition) is 2. The third-order valence-corrected chi connectivity index (χ3v) is 5.64. The molecule has 3 rings (SSSR count). The first kappa shape index (κ1) is 23.7. The van der Waals surface area contributed by atoms with Crippen LogP contribution in [0.15, 0.2) is 36.4 Å². The molecule has 0 bridgehead atoms. The summed E-state index contributed by atoms with van der Waals surface area (Å²) < 4.78 is 44.9. The van der Waals surface area contributed by atoms with Crippen molar-refractivity contribution in [3.8, 4) is 22.3 Å². The molecule has 3 aromatic rings. The zero-order valence-corrected chi connectivity index (χ0v) is 19.8. The lowest BCUT2D eigenvalue weighted by Crippen LogP contribution is -2.11. The molecule has 0 saturated carbocycles. The van der Waals surface area contributed by atoms with Gasteiger partial charge < -0.3 is 10.6 Å². The molecule has 2 N–H and O–H groups in total. The summed E-state index contributed by atoms with van der Waals surface area (Å²) in [4.78, 5) is 0. The third-order valence-electron chi connectivity index (χ3n) is 5.64. The Kier molecular flexibility index (Phi) is 6.87. The number of hydrogen-bond acceptors (Lipinski definition) is 2. The van der Waals surface area contributed by atoms with E-state index in [0.717, 1.165) is 5.56 Å². The Labute approximate surface area is 188 Å². The van der Waals surface area contributed by atoms with Crippen LogP contribution in [0.3, 0.4) is 0 Å². The summed E-state index contributed by atoms with van der Waals surface area (Å²) >= 11 is 0. The van der Waals surface area contributed by atoms with Crippen LogP contribution in [0, 0.1) is 38.2 Å². The fourth-order valence-corrected chi connectivity index (χ4v) is 4.09. The Hall–Kier alpha value is -2.95. The van der Waals surface area contributed by atoms with E-state index in [1.165, 1.54) is 12.1 Å². The van der Waals surface area contributed by atoms with E-state index in [1.807, 2.05) is 41.5 Å².